The lowest BCUT2D eigenvalue weighted by atomic mass is 10.1. The van der Waals surface area contributed by atoms with Crippen molar-refractivity contribution in [3.8, 4) is 10.7 Å². The Bertz CT molecular complexity index is 554. The highest BCUT2D eigenvalue weighted by Crippen LogP contribution is 2.31. The highest BCUT2D eigenvalue weighted by atomic mass is 79.9. The third-order valence-corrected chi connectivity index (χ3v) is 4.19. The van der Waals surface area contributed by atoms with Crippen LogP contribution in [-0.4, -0.2) is 31.3 Å². The number of aliphatic carboxylic acids is 1. The van der Waals surface area contributed by atoms with Crippen LogP contribution < -0.4 is 0 Å². The van der Waals surface area contributed by atoms with E-state index in [1.165, 1.54) is 11.3 Å². The molecule has 2 heterocycles. The van der Waals surface area contributed by atoms with Crippen molar-refractivity contribution in [3.05, 3.63) is 15.9 Å². The van der Waals surface area contributed by atoms with Gasteiger partial charge in [0.15, 0.2) is 5.82 Å². The van der Waals surface area contributed by atoms with Crippen molar-refractivity contribution >= 4 is 33.2 Å². The van der Waals surface area contributed by atoms with Crippen LogP contribution in [0.25, 0.3) is 10.7 Å². The van der Waals surface area contributed by atoms with Gasteiger partial charge in [-0.3, -0.25) is 4.79 Å². The minimum Gasteiger partial charge on any atom is -0.481 e. The van der Waals surface area contributed by atoms with Crippen molar-refractivity contribution in [2.75, 3.05) is 0 Å². The largest absolute Gasteiger partial charge is 0.481 e. The maximum atomic E-state index is 10.6. The Morgan fingerprint density at radius 2 is 2.44 bits per heavy atom. The van der Waals surface area contributed by atoms with Crippen LogP contribution in [0.4, 0.5) is 0 Å². The molecular weight excluding hydrogens is 320 g/mol. The van der Waals surface area contributed by atoms with E-state index in [1.807, 2.05) is 18.4 Å². The number of carboxylic acids is 1. The summed E-state index contributed by atoms with van der Waals surface area (Å²) in [6.07, 6.45) is 0.102. The molecule has 1 unspecified atom stereocenters. The molecule has 18 heavy (non-hydrogen) atoms. The molecule has 0 spiro atoms. The van der Waals surface area contributed by atoms with E-state index in [4.69, 9.17) is 5.11 Å². The number of carbonyl (C=O) groups is 1. The van der Waals surface area contributed by atoms with Crippen LogP contribution in [0.15, 0.2) is 15.9 Å². The van der Waals surface area contributed by atoms with Gasteiger partial charge in [0, 0.05) is 17.4 Å². The fourth-order valence-electron chi connectivity index (χ4n) is 1.60. The second-order valence-corrected chi connectivity index (χ2v) is 5.76. The fourth-order valence-corrected chi connectivity index (χ4v) is 3.14. The van der Waals surface area contributed by atoms with E-state index < -0.39 is 5.97 Å². The monoisotopic (exact) mass is 330 g/mol. The normalized spacial score (nSPS) is 12.6. The van der Waals surface area contributed by atoms with Gasteiger partial charge in [-0.2, -0.15) is 0 Å². The Kier molecular flexibility index (Phi) is 4.07. The Balaban J connectivity index is 2.18. The number of tetrazole rings is 1. The molecule has 0 saturated carbocycles. The molecule has 0 radical (unpaired) electrons. The second kappa shape index (κ2) is 5.57. The minimum atomic E-state index is -0.811. The molecule has 0 aromatic carbocycles. The second-order valence-electron chi connectivity index (χ2n) is 3.99. The Morgan fingerprint density at radius 1 is 1.67 bits per heavy atom. The molecule has 2 rings (SSSR count). The standard InChI is InChI=1S/C10H11BrN4O2S/c1-6(4-8(16)17)5-15-10(12-13-14-15)9-7(11)2-3-18-9/h2-3,6H,4-5H2,1H3,(H,16,17). The van der Waals surface area contributed by atoms with Gasteiger partial charge < -0.3 is 5.11 Å². The van der Waals surface area contributed by atoms with E-state index in [0.717, 1.165) is 9.35 Å². The molecule has 1 atom stereocenters. The van der Waals surface area contributed by atoms with Crippen LogP contribution in [0, 0.1) is 5.92 Å². The predicted molar refractivity (Wildman–Crippen MR) is 70.2 cm³/mol. The van der Waals surface area contributed by atoms with Crippen molar-refractivity contribution in [1.82, 2.24) is 20.2 Å². The molecule has 0 aliphatic carbocycles. The smallest absolute Gasteiger partial charge is 0.303 e. The van der Waals surface area contributed by atoms with Gasteiger partial charge in [0.2, 0.25) is 0 Å². The van der Waals surface area contributed by atoms with E-state index in [2.05, 4.69) is 31.5 Å². The van der Waals surface area contributed by atoms with Crippen molar-refractivity contribution in [1.29, 1.82) is 0 Å². The molecule has 0 fully saturated rings. The number of rotatable bonds is 5. The van der Waals surface area contributed by atoms with Gasteiger partial charge in [-0.1, -0.05) is 6.92 Å². The highest BCUT2D eigenvalue weighted by molar-refractivity contribution is 9.10. The lowest BCUT2D eigenvalue weighted by molar-refractivity contribution is -0.138. The summed E-state index contributed by atoms with van der Waals surface area (Å²) in [5.41, 5.74) is 0. The summed E-state index contributed by atoms with van der Waals surface area (Å²) in [6, 6.07) is 1.93. The first-order valence-corrected chi connectivity index (χ1v) is 6.96. The van der Waals surface area contributed by atoms with E-state index >= 15 is 0 Å². The Morgan fingerprint density at radius 3 is 3.06 bits per heavy atom. The lowest BCUT2D eigenvalue weighted by Gasteiger charge is -2.09. The molecule has 0 amide bonds. The molecule has 6 nitrogen and oxygen atoms in total. The maximum absolute atomic E-state index is 10.6. The number of halogens is 1. The van der Waals surface area contributed by atoms with Crippen LogP contribution >= 0.6 is 27.3 Å². The van der Waals surface area contributed by atoms with Crippen molar-refractivity contribution < 1.29 is 9.90 Å². The summed E-state index contributed by atoms with van der Waals surface area (Å²) in [7, 11) is 0. The topological polar surface area (TPSA) is 80.9 Å². The van der Waals surface area contributed by atoms with Gasteiger partial charge in [0.1, 0.15) is 0 Å². The number of nitrogens with zero attached hydrogens (tertiary/aromatic N) is 4. The average molecular weight is 331 g/mol. The third-order valence-electron chi connectivity index (χ3n) is 2.36. The van der Waals surface area contributed by atoms with E-state index in [9.17, 15) is 4.79 Å². The molecule has 0 aliphatic rings. The number of aromatic nitrogens is 4. The molecule has 2 aromatic heterocycles. The lowest BCUT2D eigenvalue weighted by Crippen LogP contribution is -2.14. The molecule has 0 saturated heterocycles. The van der Waals surface area contributed by atoms with E-state index in [1.54, 1.807) is 4.68 Å². The van der Waals surface area contributed by atoms with E-state index in [0.29, 0.717) is 12.4 Å². The van der Waals surface area contributed by atoms with Gasteiger partial charge in [0.25, 0.3) is 0 Å². The Labute approximate surface area is 116 Å². The SMILES string of the molecule is CC(CC(=O)O)Cn1nnnc1-c1sccc1Br. The zero-order valence-corrected chi connectivity index (χ0v) is 12.0. The van der Waals surface area contributed by atoms with Crippen LogP contribution in [0.3, 0.4) is 0 Å². The minimum absolute atomic E-state index is 0.0245. The molecular formula is C10H11BrN4O2S. The highest BCUT2D eigenvalue weighted by Gasteiger charge is 2.16. The molecule has 96 valence electrons. The molecule has 0 bridgehead atoms. The van der Waals surface area contributed by atoms with Gasteiger partial charge in [-0.15, -0.1) is 16.4 Å². The summed E-state index contributed by atoms with van der Waals surface area (Å²) < 4.78 is 2.58. The van der Waals surface area contributed by atoms with Crippen LogP contribution in [0.2, 0.25) is 0 Å². The molecule has 0 aliphatic heterocycles. The maximum Gasteiger partial charge on any atom is 0.303 e. The van der Waals surface area contributed by atoms with E-state index in [-0.39, 0.29) is 12.3 Å². The summed E-state index contributed by atoms with van der Waals surface area (Å²) in [5, 5.41) is 22.2. The van der Waals surface area contributed by atoms with Crippen molar-refractivity contribution in [3.63, 3.8) is 0 Å². The summed E-state index contributed by atoms with van der Waals surface area (Å²) >= 11 is 4.97. The molecule has 1 N–H and O–H groups in total. The van der Waals surface area contributed by atoms with Crippen LogP contribution in [-0.2, 0) is 11.3 Å². The predicted octanol–water partition coefficient (Wildman–Crippen LogP) is 2.27. The first-order valence-electron chi connectivity index (χ1n) is 5.29. The van der Waals surface area contributed by atoms with Crippen LogP contribution in [0.5, 0.6) is 0 Å². The third kappa shape index (κ3) is 2.94. The number of thiophene rings is 1. The first kappa shape index (κ1) is 13.2. The zero-order chi connectivity index (χ0) is 13.1. The number of hydrogen-bond acceptors (Lipinski definition) is 5. The number of carboxylic acid groups (broad SMARTS) is 1. The Hall–Kier alpha value is -1.28. The summed E-state index contributed by atoms with van der Waals surface area (Å²) in [6.45, 7) is 2.35. The van der Waals surface area contributed by atoms with Gasteiger partial charge in [-0.05, 0) is 43.7 Å². The fraction of sp³-hybridized carbons (Fsp3) is 0.400. The zero-order valence-electron chi connectivity index (χ0n) is 9.58. The summed E-state index contributed by atoms with van der Waals surface area (Å²) in [4.78, 5) is 11.6. The molecule has 8 heteroatoms. The summed E-state index contributed by atoms with van der Waals surface area (Å²) in [5.74, 6) is -0.174. The quantitative estimate of drug-likeness (QED) is 0.909. The van der Waals surface area contributed by atoms with Crippen molar-refractivity contribution in [2.24, 2.45) is 5.92 Å². The van der Waals surface area contributed by atoms with Gasteiger partial charge >= 0.3 is 5.97 Å². The first-order chi connectivity index (χ1) is 8.58. The van der Waals surface area contributed by atoms with Crippen molar-refractivity contribution in [2.45, 2.75) is 19.9 Å². The van der Waals surface area contributed by atoms with Crippen LogP contribution in [0.1, 0.15) is 13.3 Å². The average Bonchev–Trinajstić information content (AvgIpc) is 2.85. The van der Waals surface area contributed by atoms with Gasteiger partial charge in [-0.25, -0.2) is 4.68 Å². The molecule has 2 aromatic rings. The number of hydrogen-bond donors (Lipinski definition) is 1. The van der Waals surface area contributed by atoms with Gasteiger partial charge in [0.05, 0.1) is 4.88 Å².